The average Bonchev–Trinajstić information content (AvgIpc) is 2.18. The highest BCUT2D eigenvalue weighted by molar-refractivity contribution is 5.41. The number of halogens is 3. The van der Waals surface area contributed by atoms with E-state index in [-0.39, 0.29) is 13.2 Å². The summed E-state index contributed by atoms with van der Waals surface area (Å²) in [4.78, 5) is 1.16. The molecule has 1 aromatic carbocycles. The SMILES string of the molecule is CN(CCOc1ccc(N)cc1)CC(F)(F)F. The summed E-state index contributed by atoms with van der Waals surface area (Å²) in [5.41, 5.74) is 6.10. The van der Waals surface area contributed by atoms with Crippen LogP contribution in [0.3, 0.4) is 0 Å². The number of nitrogens with two attached hydrogens (primary N) is 1. The number of alkyl halides is 3. The summed E-state index contributed by atoms with van der Waals surface area (Å²) in [6, 6.07) is 6.71. The molecule has 3 nitrogen and oxygen atoms in total. The third-order valence-electron chi connectivity index (χ3n) is 2.07. The maximum absolute atomic E-state index is 12.0. The first-order valence-corrected chi connectivity index (χ1v) is 5.10. The van der Waals surface area contributed by atoms with Gasteiger partial charge in [0.15, 0.2) is 0 Å². The zero-order valence-corrected chi connectivity index (χ0v) is 9.50. The standard InChI is InChI=1S/C11H15F3N2O/c1-16(8-11(12,13)14)6-7-17-10-4-2-9(15)3-5-10/h2-5H,6-8,15H2,1H3. The summed E-state index contributed by atoms with van der Waals surface area (Å²) in [6.07, 6.45) is -4.17. The first kappa shape index (κ1) is 13.6. The number of nitrogen functional groups attached to an aromatic ring is 1. The average molecular weight is 248 g/mol. The summed E-state index contributed by atoms with van der Waals surface area (Å²) in [6.45, 7) is -0.515. The van der Waals surface area contributed by atoms with Crippen LogP contribution in [0.5, 0.6) is 5.75 Å². The Morgan fingerprint density at radius 1 is 1.24 bits per heavy atom. The normalized spacial score (nSPS) is 11.8. The number of benzene rings is 1. The molecular formula is C11H15F3N2O. The topological polar surface area (TPSA) is 38.5 Å². The molecule has 17 heavy (non-hydrogen) atoms. The van der Waals surface area contributed by atoms with Gasteiger partial charge in [-0.15, -0.1) is 0 Å². The van der Waals surface area contributed by atoms with Crippen molar-refractivity contribution < 1.29 is 17.9 Å². The molecule has 0 aliphatic rings. The predicted molar refractivity (Wildman–Crippen MR) is 59.9 cm³/mol. The zero-order chi connectivity index (χ0) is 12.9. The molecule has 0 aliphatic carbocycles. The van der Waals surface area contributed by atoms with Crippen LogP contribution in [-0.4, -0.2) is 37.8 Å². The molecule has 0 saturated heterocycles. The monoisotopic (exact) mass is 248 g/mol. The quantitative estimate of drug-likeness (QED) is 0.811. The lowest BCUT2D eigenvalue weighted by Crippen LogP contribution is -2.33. The van der Waals surface area contributed by atoms with Gasteiger partial charge in [-0.2, -0.15) is 13.2 Å². The van der Waals surface area contributed by atoms with Crippen molar-refractivity contribution in [2.45, 2.75) is 6.18 Å². The Kier molecular flexibility index (Phi) is 4.62. The molecule has 0 spiro atoms. The van der Waals surface area contributed by atoms with Gasteiger partial charge in [-0.1, -0.05) is 0 Å². The fourth-order valence-corrected chi connectivity index (χ4v) is 1.27. The summed E-state index contributed by atoms with van der Waals surface area (Å²) < 4.78 is 41.3. The maximum atomic E-state index is 12.0. The molecule has 0 atom stereocenters. The number of anilines is 1. The van der Waals surface area contributed by atoms with Crippen LogP contribution in [-0.2, 0) is 0 Å². The van der Waals surface area contributed by atoms with Crippen molar-refractivity contribution >= 4 is 5.69 Å². The van der Waals surface area contributed by atoms with E-state index in [1.807, 2.05) is 0 Å². The van der Waals surface area contributed by atoms with E-state index < -0.39 is 12.7 Å². The molecule has 1 aromatic rings. The van der Waals surface area contributed by atoms with Crippen LogP contribution in [0.25, 0.3) is 0 Å². The first-order valence-electron chi connectivity index (χ1n) is 5.10. The molecule has 0 aliphatic heterocycles. The largest absolute Gasteiger partial charge is 0.492 e. The molecule has 0 aromatic heterocycles. The van der Waals surface area contributed by atoms with Gasteiger partial charge in [0.25, 0.3) is 0 Å². The lowest BCUT2D eigenvalue weighted by molar-refractivity contribution is -0.143. The molecule has 0 unspecified atom stereocenters. The fraction of sp³-hybridized carbons (Fsp3) is 0.455. The second-order valence-corrected chi connectivity index (χ2v) is 3.77. The van der Waals surface area contributed by atoms with Gasteiger partial charge >= 0.3 is 6.18 Å². The molecule has 6 heteroatoms. The van der Waals surface area contributed by atoms with Gasteiger partial charge in [0, 0.05) is 12.2 Å². The minimum Gasteiger partial charge on any atom is -0.492 e. The predicted octanol–water partition coefficient (Wildman–Crippen LogP) is 2.14. The summed E-state index contributed by atoms with van der Waals surface area (Å²) in [5, 5.41) is 0. The number of ether oxygens (including phenoxy) is 1. The van der Waals surface area contributed by atoms with Gasteiger partial charge in [-0.3, -0.25) is 4.90 Å². The highest BCUT2D eigenvalue weighted by Gasteiger charge is 2.28. The lowest BCUT2D eigenvalue weighted by Gasteiger charge is -2.18. The number of rotatable bonds is 5. The van der Waals surface area contributed by atoms with Gasteiger partial charge in [0.2, 0.25) is 0 Å². The van der Waals surface area contributed by atoms with E-state index in [0.717, 1.165) is 4.90 Å². The molecule has 0 heterocycles. The van der Waals surface area contributed by atoms with E-state index in [9.17, 15) is 13.2 Å². The minimum absolute atomic E-state index is 0.205. The Bertz CT molecular complexity index is 338. The molecule has 1 rings (SSSR count). The van der Waals surface area contributed by atoms with E-state index in [2.05, 4.69) is 0 Å². The minimum atomic E-state index is -4.17. The second kappa shape index (κ2) is 5.77. The van der Waals surface area contributed by atoms with Gasteiger partial charge in [-0.05, 0) is 31.3 Å². The van der Waals surface area contributed by atoms with Crippen LogP contribution in [0, 0.1) is 0 Å². The zero-order valence-electron chi connectivity index (χ0n) is 9.50. The number of nitrogens with zero attached hydrogens (tertiary/aromatic N) is 1. The summed E-state index contributed by atoms with van der Waals surface area (Å²) >= 11 is 0. The summed E-state index contributed by atoms with van der Waals surface area (Å²) in [5.74, 6) is 0.597. The number of hydrogen-bond donors (Lipinski definition) is 1. The summed E-state index contributed by atoms with van der Waals surface area (Å²) in [7, 11) is 1.40. The van der Waals surface area contributed by atoms with Crippen molar-refractivity contribution in [2.24, 2.45) is 0 Å². The van der Waals surface area contributed by atoms with Crippen LogP contribution in [0.1, 0.15) is 0 Å². The third-order valence-corrected chi connectivity index (χ3v) is 2.07. The Morgan fingerprint density at radius 3 is 2.35 bits per heavy atom. The Balaban J connectivity index is 2.26. The number of likely N-dealkylation sites (N-methyl/N-ethyl adjacent to an activating group) is 1. The van der Waals surface area contributed by atoms with Crippen LogP contribution in [0.4, 0.5) is 18.9 Å². The Morgan fingerprint density at radius 2 is 1.82 bits per heavy atom. The van der Waals surface area contributed by atoms with Gasteiger partial charge in [0.05, 0.1) is 6.54 Å². The van der Waals surface area contributed by atoms with E-state index in [1.165, 1.54) is 7.05 Å². The van der Waals surface area contributed by atoms with Crippen LogP contribution in [0.2, 0.25) is 0 Å². The van der Waals surface area contributed by atoms with E-state index in [1.54, 1.807) is 24.3 Å². The molecule has 2 N–H and O–H groups in total. The van der Waals surface area contributed by atoms with Crippen molar-refractivity contribution in [2.75, 3.05) is 32.5 Å². The van der Waals surface area contributed by atoms with Crippen molar-refractivity contribution in [3.63, 3.8) is 0 Å². The van der Waals surface area contributed by atoms with Gasteiger partial charge in [-0.25, -0.2) is 0 Å². The second-order valence-electron chi connectivity index (χ2n) is 3.77. The highest BCUT2D eigenvalue weighted by Crippen LogP contribution is 2.16. The van der Waals surface area contributed by atoms with Crippen LogP contribution < -0.4 is 10.5 Å². The maximum Gasteiger partial charge on any atom is 0.401 e. The molecular weight excluding hydrogens is 233 g/mol. The van der Waals surface area contributed by atoms with Gasteiger partial charge < -0.3 is 10.5 Å². The molecule has 0 saturated carbocycles. The smallest absolute Gasteiger partial charge is 0.401 e. The molecule has 96 valence electrons. The van der Waals surface area contributed by atoms with Crippen LogP contribution in [0.15, 0.2) is 24.3 Å². The van der Waals surface area contributed by atoms with Crippen molar-refractivity contribution in [3.05, 3.63) is 24.3 Å². The molecule has 0 bridgehead atoms. The van der Waals surface area contributed by atoms with Crippen molar-refractivity contribution in [3.8, 4) is 5.75 Å². The lowest BCUT2D eigenvalue weighted by atomic mass is 10.3. The fourth-order valence-electron chi connectivity index (χ4n) is 1.27. The van der Waals surface area contributed by atoms with E-state index in [0.29, 0.717) is 11.4 Å². The number of hydrogen-bond acceptors (Lipinski definition) is 3. The Labute approximate surface area is 98.0 Å². The molecule has 0 fully saturated rings. The van der Waals surface area contributed by atoms with Gasteiger partial charge in [0.1, 0.15) is 12.4 Å². The Hall–Kier alpha value is -1.43. The van der Waals surface area contributed by atoms with E-state index >= 15 is 0 Å². The molecule has 0 amide bonds. The third kappa shape index (κ3) is 6.01. The van der Waals surface area contributed by atoms with Crippen LogP contribution >= 0.6 is 0 Å². The van der Waals surface area contributed by atoms with E-state index in [4.69, 9.17) is 10.5 Å². The first-order chi connectivity index (χ1) is 7.87. The van der Waals surface area contributed by atoms with Crippen molar-refractivity contribution in [1.82, 2.24) is 4.90 Å². The molecule has 0 radical (unpaired) electrons. The highest BCUT2D eigenvalue weighted by atomic mass is 19.4. The van der Waals surface area contributed by atoms with Crippen molar-refractivity contribution in [1.29, 1.82) is 0 Å².